The molecule has 3 N–H and O–H groups in total. The predicted molar refractivity (Wildman–Crippen MR) is 105 cm³/mol. The second kappa shape index (κ2) is 10.5. The Morgan fingerprint density at radius 2 is 1.96 bits per heavy atom. The van der Waals surface area contributed by atoms with Crippen molar-refractivity contribution in [1.29, 1.82) is 0 Å². The molecule has 7 heteroatoms. The first-order valence-corrected chi connectivity index (χ1v) is 8.14. The first-order chi connectivity index (χ1) is 11.1. The lowest BCUT2D eigenvalue weighted by molar-refractivity contribution is -0.120. The molecule has 1 aromatic carbocycles. The van der Waals surface area contributed by atoms with E-state index in [9.17, 15) is 9.18 Å². The molecule has 0 aromatic heterocycles. The standard InChI is InChI=1S/C17H25FN4O.HI/c1-3-19-17(22-15-10-12(15)2)21-9-8-20-16(23)11-13-4-6-14(18)7-5-13;/h4-7,12,15H,3,8-11H2,1-2H3,(H,20,23)(H2,19,21,22);1H. The molecule has 0 heterocycles. The van der Waals surface area contributed by atoms with E-state index in [1.807, 2.05) is 6.92 Å². The lowest BCUT2D eigenvalue weighted by atomic mass is 10.1. The molecular weight excluding hydrogens is 422 g/mol. The molecule has 134 valence electrons. The number of rotatable bonds is 7. The quantitative estimate of drug-likeness (QED) is 0.259. The molecule has 1 saturated carbocycles. The van der Waals surface area contributed by atoms with Gasteiger partial charge in [-0.25, -0.2) is 4.39 Å². The summed E-state index contributed by atoms with van der Waals surface area (Å²) in [4.78, 5) is 16.3. The Labute approximate surface area is 159 Å². The van der Waals surface area contributed by atoms with Crippen LogP contribution in [-0.4, -0.2) is 37.5 Å². The Morgan fingerprint density at radius 1 is 1.29 bits per heavy atom. The van der Waals surface area contributed by atoms with Crippen molar-refractivity contribution in [2.45, 2.75) is 32.7 Å². The van der Waals surface area contributed by atoms with E-state index in [4.69, 9.17) is 0 Å². The third-order valence-electron chi connectivity index (χ3n) is 3.76. The van der Waals surface area contributed by atoms with E-state index >= 15 is 0 Å². The molecular formula is C17H26FIN4O. The van der Waals surface area contributed by atoms with Crippen molar-refractivity contribution < 1.29 is 9.18 Å². The first-order valence-electron chi connectivity index (χ1n) is 8.14. The van der Waals surface area contributed by atoms with Gasteiger partial charge in [-0.05, 0) is 37.0 Å². The molecule has 1 aliphatic carbocycles. The van der Waals surface area contributed by atoms with Gasteiger partial charge in [-0.15, -0.1) is 24.0 Å². The second-order valence-electron chi connectivity index (χ2n) is 5.88. The number of carbonyl (C=O) groups excluding carboxylic acids is 1. The van der Waals surface area contributed by atoms with E-state index < -0.39 is 0 Å². The summed E-state index contributed by atoms with van der Waals surface area (Å²) < 4.78 is 12.8. The fraction of sp³-hybridized carbons (Fsp3) is 0.529. The van der Waals surface area contributed by atoms with E-state index in [0.717, 1.165) is 18.1 Å². The number of hydrogen-bond acceptors (Lipinski definition) is 2. The molecule has 1 amide bonds. The normalized spacial score (nSPS) is 19.2. The van der Waals surface area contributed by atoms with Crippen molar-refractivity contribution in [2.75, 3.05) is 19.6 Å². The Morgan fingerprint density at radius 3 is 2.54 bits per heavy atom. The van der Waals surface area contributed by atoms with E-state index in [0.29, 0.717) is 25.0 Å². The van der Waals surface area contributed by atoms with E-state index in [1.165, 1.54) is 18.6 Å². The van der Waals surface area contributed by atoms with E-state index in [2.05, 4.69) is 27.9 Å². The molecule has 0 spiro atoms. The maximum absolute atomic E-state index is 12.8. The van der Waals surface area contributed by atoms with Gasteiger partial charge >= 0.3 is 0 Å². The highest BCUT2D eigenvalue weighted by atomic mass is 127. The van der Waals surface area contributed by atoms with Crippen molar-refractivity contribution in [3.63, 3.8) is 0 Å². The number of benzene rings is 1. The van der Waals surface area contributed by atoms with Crippen LogP contribution in [0, 0.1) is 11.7 Å². The number of nitrogens with one attached hydrogen (secondary N) is 3. The van der Waals surface area contributed by atoms with Crippen LogP contribution in [0.2, 0.25) is 0 Å². The molecule has 1 fully saturated rings. The van der Waals surface area contributed by atoms with Gasteiger partial charge < -0.3 is 16.0 Å². The molecule has 0 aliphatic heterocycles. The molecule has 2 atom stereocenters. The number of aliphatic imine (C=N–C) groups is 1. The van der Waals surface area contributed by atoms with Crippen molar-refractivity contribution >= 4 is 35.8 Å². The number of hydrogen-bond donors (Lipinski definition) is 3. The maximum atomic E-state index is 12.8. The van der Waals surface area contributed by atoms with Crippen LogP contribution in [-0.2, 0) is 11.2 Å². The summed E-state index contributed by atoms with van der Waals surface area (Å²) in [7, 11) is 0. The fourth-order valence-electron chi connectivity index (χ4n) is 2.23. The molecule has 0 radical (unpaired) electrons. The van der Waals surface area contributed by atoms with Crippen molar-refractivity contribution in [3.05, 3.63) is 35.6 Å². The lowest BCUT2D eigenvalue weighted by Gasteiger charge is -2.11. The van der Waals surface area contributed by atoms with Crippen LogP contribution >= 0.6 is 24.0 Å². The second-order valence-corrected chi connectivity index (χ2v) is 5.88. The maximum Gasteiger partial charge on any atom is 0.224 e. The lowest BCUT2D eigenvalue weighted by Crippen LogP contribution is -2.39. The van der Waals surface area contributed by atoms with Gasteiger partial charge in [-0.1, -0.05) is 19.1 Å². The number of guanidine groups is 1. The van der Waals surface area contributed by atoms with Crippen LogP contribution in [0.15, 0.2) is 29.3 Å². The van der Waals surface area contributed by atoms with Gasteiger partial charge in [0.1, 0.15) is 5.82 Å². The zero-order chi connectivity index (χ0) is 16.7. The zero-order valence-corrected chi connectivity index (χ0v) is 16.5. The third-order valence-corrected chi connectivity index (χ3v) is 3.76. The monoisotopic (exact) mass is 448 g/mol. The Bertz CT molecular complexity index is 550. The molecule has 24 heavy (non-hydrogen) atoms. The van der Waals surface area contributed by atoms with Gasteiger partial charge in [0.25, 0.3) is 0 Å². The van der Waals surface area contributed by atoms with Crippen LogP contribution in [0.5, 0.6) is 0 Å². The minimum atomic E-state index is -0.295. The van der Waals surface area contributed by atoms with Gasteiger partial charge in [0.05, 0.1) is 13.0 Å². The van der Waals surface area contributed by atoms with Crippen LogP contribution in [0.3, 0.4) is 0 Å². The van der Waals surface area contributed by atoms with Crippen LogP contribution < -0.4 is 16.0 Å². The summed E-state index contributed by atoms with van der Waals surface area (Å²) in [6.45, 7) is 6.04. The predicted octanol–water partition coefficient (Wildman–Crippen LogP) is 2.07. The van der Waals surface area contributed by atoms with Crippen molar-refractivity contribution in [3.8, 4) is 0 Å². The Kier molecular flexibility index (Phi) is 9.02. The molecule has 1 aromatic rings. The van der Waals surface area contributed by atoms with Gasteiger partial charge in [-0.2, -0.15) is 0 Å². The molecule has 0 saturated heterocycles. The fourth-order valence-corrected chi connectivity index (χ4v) is 2.23. The number of amides is 1. The summed E-state index contributed by atoms with van der Waals surface area (Å²) in [5.41, 5.74) is 0.796. The van der Waals surface area contributed by atoms with Gasteiger partial charge in [0.15, 0.2) is 5.96 Å². The molecule has 2 rings (SSSR count). The molecule has 0 bridgehead atoms. The van der Waals surface area contributed by atoms with Gasteiger partial charge in [0.2, 0.25) is 5.91 Å². The van der Waals surface area contributed by atoms with Crippen LogP contribution in [0.1, 0.15) is 25.8 Å². The molecule has 1 aliphatic rings. The van der Waals surface area contributed by atoms with E-state index in [-0.39, 0.29) is 42.1 Å². The van der Waals surface area contributed by atoms with Gasteiger partial charge in [-0.3, -0.25) is 9.79 Å². The summed E-state index contributed by atoms with van der Waals surface area (Å²) in [6.07, 6.45) is 1.43. The summed E-state index contributed by atoms with van der Waals surface area (Å²) >= 11 is 0. The first kappa shape index (κ1) is 20.7. The Balaban J connectivity index is 0.00000288. The van der Waals surface area contributed by atoms with Crippen LogP contribution in [0.25, 0.3) is 0 Å². The highest BCUT2D eigenvalue weighted by Crippen LogP contribution is 2.28. The molecule has 2 unspecified atom stereocenters. The highest BCUT2D eigenvalue weighted by molar-refractivity contribution is 14.0. The summed E-state index contributed by atoms with van der Waals surface area (Å²) in [6, 6.07) is 6.48. The number of carbonyl (C=O) groups is 1. The number of nitrogens with zero attached hydrogens (tertiary/aromatic N) is 1. The minimum absolute atomic E-state index is 0. The SMILES string of the molecule is CCNC(=NCCNC(=O)Cc1ccc(F)cc1)NC1CC1C.I. The highest BCUT2D eigenvalue weighted by Gasteiger charge is 2.33. The minimum Gasteiger partial charge on any atom is -0.357 e. The van der Waals surface area contributed by atoms with Crippen molar-refractivity contribution in [1.82, 2.24) is 16.0 Å². The third kappa shape index (κ3) is 7.46. The van der Waals surface area contributed by atoms with E-state index in [1.54, 1.807) is 12.1 Å². The smallest absolute Gasteiger partial charge is 0.224 e. The average molecular weight is 448 g/mol. The number of halogens is 2. The van der Waals surface area contributed by atoms with Crippen molar-refractivity contribution in [2.24, 2.45) is 10.9 Å². The topological polar surface area (TPSA) is 65.5 Å². The van der Waals surface area contributed by atoms with Gasteiger partial charge in [0, 0.05) is 19.1 Å². The summed E-state index contributed by atoms with van der Waals surface area (Å²) in [5.74, 6) is 1.13. The van der Waals surface area contributed by atoms with Crippen LogP contribution in [0.4, 0.5) is 4.39 Å². The average Bonchev–Trinajstić information content (AvgIpc) is 3.21. The molecule has 5 nitrogen and oxygen atoms in total. The summed E-state index contributed by atoms with van der Waals surface area (Å²) in [5, 5.41) is 9.39. The zero-order valence-electron chi connectivity index (χ0n) is 14.1. The Hall–Kier alpha value is -1.38. The largest absolute Gasteiger partial charge is 0.357 e.